The number of nitrogens with two attached hydrogens (primary N) is 1. The molecular formula is C15H12Cl2F3N3O2. The van der Waals surface area contributed by atoms with Crippen LogP contribution < -0.4 is 15.8 Å². The van der Waals surface area contributed by atoms with Crippen molar-refractivity contribution in [1.82, 2.24) is 10.3 Å². The number of hydrogen-bond acceptors (Lipinski definition) is 4. The predicted octanol–water partition coefficient (Wildman–Crippen LogP) is 3.84. The highest BCUT2D eigenvalue weighted by Gasteiger charge is 2.28. The number of hydrogen-bond donors (Lipinski definition) is 2. The second kappa shape index (κ2) is 7.79. The number of amides is 1. The van der Waals surface area contributed by atoms with E-state index >= 15 is 0 Å². The summed E-state index contributed by atoms with van der Waals surface area (Å²) < 4.78 is 41.9. The third-order valence-electron chi connectivity index (χ3n) is 3.03. The van der Waals surface area contributed by atoms with Gasteiger partial charge < -0.3 is 15.8 Å². The summed E-state index contributed by atoms with van der Waals surface area (Å²) in [5, 5.41) is 2.48. The van der Waals surface area contributed by atoms with Crippen LogP contribution in [0.15, 0.2) is 30.5 Å². The third kappa shape index (κ3) is 5.40. The number of carbonyl (C=O) groups is 1. The van der Waals surface area contributed by atoms with Gasteiger partial charge in [0.15, 0.2) is 11.6 Å². The topological polar surface area (TPSA) is 77.2 Å². The summed E-state index contributed by atoms with van der Waals surface area (Å²) in [5.41, 5.74) is 6.03. The number of benzene rings is 1. The molecule has 1 amide bonds. The van der Waals surface area contributed by atoms with Crippen molar-refractivity contribution < 1.29 is 22.7 Å². The van der Waals surface area contributed by atoms with Crippen LogP contribution in [0, 0.1) is 0 Å². The van der Waals surface area contributed by atoms with Crippen molar-refractivity contribution in [3.05, 3.63) is 51.6 Å². The molecule has 2 aromatic rings. The van der Waals surface area contributed by atoms with Crippen LogP contribution in [-0.2, 0) is 6.61 Å². The Hall–Kier alpha value is -2.19. The maximum absolute atomic E-state index is 12.2. The molecule has 5 nitrogen and oxygen atoms in total. The molecule has 1 aromatic heterocycles. The highest BCUT2D eigenvalue weighted by atomic mass is 35.5. The van der Waals surface area contributed by atoms with E-state index in [9.17, 15) is 18.0 Å². The van der Waals surface area contributed by atoms with Gasteiger partial charge in [-0.05, 0) is 18.2 Å². The molecule has 0 atom stereocenters. The van der Waals surface area contributed by atoms with Crippen molar-refractivity contribution in [2.45, 2.75) is 12.8 Å². The number of aromatic nitrogens is 1. The quantitative estimate of drug-likeness (QED) is 0.808. The van der Waals surface area contributed by atoms with E-state index in [1.165, 1.54) is 6.07 Å². The zero-order valence-electron chi connectivity index (χ0n) is 12.5. The molecule has 0 saturated carbocycles. The number of nitrogens with zero attached hydrogens (tertiary/aromatic N) is 1. The summed E-state index contributed by atoms with van der Waals surface area (Å²) in [7, 11) is 0. The van der Waals surface area contributed by atoms with Gasteiger partial charge in [-0.1, -0.05) is 29.3 Å². The lowest BCUT2D eigenvalue weighted by Gasteiger charge is -2.12. The summed E-state index contributed by atoms with van der Waals surface area (Å²) in [6.45, 7) is -1.51. The SMILES string of the molecule is Nc1ncc(C(=O)NCC(F)(F)F)cc1OCc1c(Cl)cccc1Cl. The fraction of sp³-hybridized carbons (Fsp3) is 0.200. The van der Waals surface area contributed by atoms with Crippen LogP contribution in [0.3, 0.4) is 0 Å². The molecule has 25 heavy (non-hydrogen) atoms. The molecule has 0 aliphatic carbocycles. The van der Waals surface area contributed by atoms with E-state index in [0.29, 0.717) is 15.6 Å². The number of rotatable bonds is 5. The zero-order chi connectivity index (χ0) is 18.6. The molecule has 0 aliphatic heterocycles. The molecule has 3 N–H and O–H groups in total. The first-order chi connectivity index (χ1) is 11.7. The van der Waals surface area contributed by atoms with Crippen molar-refractivity contribution >= 4 is 34.9 Å². The molecule has 0 spiro atoms. The number of nitrogen functional groups attached to an aromatic ring is 1. The van der Waals surface area contributed by atoms with Crippen molar-refractivity contribution in [1.29, 1.82) is 0 Å². The van der Waals surface area contributed by atoms with Crippen LogP contribution >= 0.6 is 23.2 Å². The van der Waals surface area contributed by atoms with E-state index in [1.54, 1.807) is 23.5 Å². The van der Waals surface area contributed by atoms with Gasteiger partial charge in [0.05, 0.1) is 5.56 Å². The van der Waals surface area contributed by atoms with Gasteiger partial charge in [-0.3, -0.25) is 4.79 Å². The second-order valence-electron chi connectivity index (χ2n) is 4.89. The van der Waals surface area contributed by atoms with E-state index in [2.05, 4.69) is 4.98 Å². The summed E-state index contributed by atoms with van der Waals surface area (Å²) in [5.74, 6) is -0.961. The van der Waals surface area contributed by atoms with E-state index in [4.69, 9.17) is 33.7 Å². The van der Waals surface area contributed by atoms with Crippen LogP contribution in [0.4, 0.5) is 19.0 Å². The Morgan fingerprint density at radius 1 is 1.28 bits per heavy atom. The van der Waals surface area contributed by atoms with Gasteiger partial charge in [0.25, 0.3) is 5.91 Å². The van der Waals surface area contributed by atoms with Crippen LogP contribution in [0.2, 0.25) is 10.0 Å². The average molecular weight is 394 g/mol. The zero-order valence-corrected chi connectivity index (χ0v) is 14.0. The maximum Gasteiger partial charge on any atom is 0.405 e. The Labute approximate surface area is 150 Å². The first-order valence-corrected chi connectivity index (χ1v) is 7.59. The Kier molecular flexibility index (Phi) is 5.97. The normalized spacial score (nSPS) is 11.2. The Bertz CT molecular complexity index is 765. The summed E-state index contributed by atoms with van der Waals surface area (Å²) in [6.07, 6.45) is -3.46. The smallest absolute Gasteiger partial charge is 0.405 e. The Balaban J connectivity index is 2.12. The first kappa shape index (κ1) is 19.1. The van der Waals surface area contributed by atoms with E-state index in [1.807, 2.05) is 0 Å². The van der Waals surface area contributed by atoms with Crippen molar-refractivity contribution in [3.8, 4) is 5.75 Å². The molecule has 1 aromatic carbocycles. The highest BCUT2D eigenvalue weighted by Crippen LogP contribution is 2.27. The summed E-state index contributed by atoms with van der Waals surface area (Å²) in [6, 6.07) is 6.10. The molecule has 1 heterocycles. The molecule has 0 aliphatic rings. The number of alkyl halides is 3. The number of pyridine rings is 1. The number of carbonyl (C=O) groups excluding carboxylic acids is 1. The van der Waals surface area contributed by atoms with Gasteiger partial charge in [0.1, 0.15) is 13.2 Å². The molecule has 0 saturated heterocycles. The van der Waals surface area contributed by atoms with E-state index in [0.717, 1.165) is 6.20 Å². The van der Waals surface area contributed by atoms with Gasteiger partial charge >= 0.3 is 6.18 Å². The molecule has 0 unspecified atom stereocenters. The Morgan fingerprint density at radius 3 is 2.52 bits per heavy atom. The molecule has 0 fully saturated rings. The van der Waals surface area contributed by atoms with Crippen LogP contribution in [0.25, 0.3) is 0 Å². The number of halogens is 5. The minimum atomic E-state index is -4.52. The Morgan fingerprint density at radius 2 is 1.92 bits per heavy atom. The third-order valence-corrected chi connectivity index (χ3v) is 3.74. The van der Waals surface area contributed by atoms with Gasteiger partial charge in [-0.2, -0.15) is 13.2 Å². The van der Waals surface area contributed by atoms with E-state index < -0.39 is 18.6 Å². The van der Waals surface area contributed by atoms with E-state index in [-0.39, 0.29) is 23.7 Å². The lowest BCUT2D eigenvalue weighted by Crippen LogP contribution is -2.33. The minimum absolute atomic E-state index is 0.0237. The number of nitrogens with one attached hydrogen (secondary N) is 1. The number of ether oxygens (including phenoxy) is 1. The second-order valence-corrected chi connectivity index (χ2v) is 5.71. The molecule has 0 radical (unpaired) electrons. The van der Waals surface area contributed by atoms with Crippen LogP contribution in [0.5, 0.6) is 5.75 Å². The van der Waals surface area contributed by atoms with Crippen molar-refractivity contribution in [2.75, 3.05) is 12.3 Å². The first-order valence-electron chi connectivity index (χ1n) is 6.83. The standard InChI is InChI=1S/C15H12Cl2F3N3O2/c16-10-2-1-3-11(17)9(10)6-25-12-4-8(5-22-13(12)21)14(24)23-7-15(18,19)20/h1-5H,6-7H2,(H2,21,22)(H,23,24). The fourth-order valence-corrected chi connectivity index (χ4v) is 2.30. The molecule has 2 rings (SSSR count). The lowest BCUT2D eigenvalue weighted by molar-refractivity contribution is -0.123. The summed E-state index contributed by atoms with van der Waals surface area (Å²) >= 11 is 12.0. The highest BCUT2D eigenvalue weighted by molar-refractivity contribution is 6.35. The van der Waals surface area contributed by atoms with Crippen LogP contribution in [0.1, 0.15) is 15.9 Å². The molecular weight excluding hydrogens is 382 g/mol. The largest absolute Gasteiger partial charge is 0.485 e. The van der Waals surface area contributed by atoms with Crippen molar-refractivity contribution in [3.63, 3.8) is 0 Å². The van der Waals surface area contributed by atoms with Gasteiger partial charge in [0.2, 0.25) is 0 Å². The maximum atomic E-state index is 12.2. The monoisotopic (exact) mass is 393 g/mol. The molecule has 134 valence electrons. The molecule has 10 heteroatoms. The number of anilines is 1. The predicted molar refractivity (Wildman–Crippen MR) is 87.8 cm³/mol. The summed E-state index contributed by atoms with van der Waals surface area (Å²) in [4.78, 5) is 15.5. The molecule has 0 bridgehead atoms. The van der Waals surface area contributed by atoms with Crippen molar-refractivity contribution in [2.24, 2.45) is 0 Å². The minimum Gasteiger partial charge on any atom is -0.485 e. The van der Waals surface area contributed by atoms with Gasteiger partial charge in [-0.25, -0.2) is 4.98 Å². The lowest BCUT2D eigenvalue weighted by atomic mass is 10.2. The van der Waals surface area contributed by atoms with Crippen LogP contribution in [-0.4, -0.2) is 23.6 Å². The van der Waals surface area contributed by atoms with Gasteiger partial charge in [-0.15, -0.1) is 0 Å². The fourth-order valence-electron chi connectivity index (χ4n) is 1.80. The van der Waals surface area contributed by atoms with Gasteiger partial charge in [0, 0.05) is 21.8 Å². The average Bonchev–Trinajstić information content (AvgIpc) is 2.53.